The van der Waals surface area contributed by atoms with Crippen LogP contribution in [-0.2, 0) is 16.1 Å². The molecular weight excluding hydrogens is 228 g/mol. The van der Waals surface area contributed by atoms with Crippen LogP contribution < -0.4 is 5.32 Å². The SMILES string of the molecule is Cc1cc(C#N)ccc1COCC1CNCCO1. The molecule has 0 saturated carbocycles. The van der Waals surface area contributed by atoms with E-state index in [2.05, 4.69) is 11.4 Å². The maximum absolute atomic E-state index is 8.79. The molecule has 1 aromatic rings. The molecule has 0 radical (unpaired) electrons. The zero-order chi connectivity index (χ0) is 12.8. The van der Waals surface area contributed by atoms with E-state index in [4.69, 9.17) is 14.7 Å². The normalized spacial score (nSPS) is 19.4. The highest BCUT2D eigenvalue weighted by molar-refractivity contribution is 5.37. The minimum absolute atomic E-state index is 0.150. The first-order valence-electron chi connectivity index (χ1n) is 6.19. The summed E-state index contributed by atoms with van der Waals surface area (Å²) in [5.74, 6) is 0. The first-order chi connectivity index (χ1) is 8.79. The highest BCUT2D eigenvalue weighted by Gasteiger charge is 2.13. The zero-order valence-electron chi connectivity index (χ0n) is 10.6. The minimum Gasteiger partial charge on any atom is -0.374 e. The van der Waals surface area contributed by atoms with Crippen LogP contribution in [0.1, 0.15) is 16.7 Å². The van der Waals surface area contributed by atoms with Crippen LogP contribution in [0, 0.1) is 18.3 Å². The fourth-order valence-corrected chi connectivity index (χ4v) is 1.95. The Morgan fingerprint density at radius 1 is 1.56 bits per heavy atom. The highest BCUT2D eigenvalue weighted by Crippen LogP contribution is 2.12. The maximum Gasteiger partial charge on any atom is 0.0991 e. The largest absolute Gasteiger partial charge is 0.374 e. The number of rotatable bonds is 4. The third-order valence-corrected chi connectivity index (χ3v) is 3.04. The van der Waals surface area contributed by atoms with Gasteiger partial charge in [-0.05, 0) is 30.2 Å². The molecule has 1 aliphatic rings. The number of nitrogens with zero attached hydrogens (tertiary/aromatic N) is 1. The van der Waals surface area contributed by atoms with E-state index in [1.54, 1.807) is 0 Å². The molecule has 2 rings (SSSR count). The fraction of sp³-hybridized carbons (Fsp3) is 0.500. The molecule has 0 amide bonds. The van der Waals surface area contributed by atoms with Gasteiger partial charge in [-0.3, -0.25) is 0 Å². The quantitative estimate of drug-likeness (QED) is 0.872. The summed E-state index contributed by atoms with van der Waals surface area (Å²) in [6.45, 7) is 5.70. The predicted octanol–water partition coefficient (Wildman–Crippen LogP) is 1.37. The molecular formula is C14H18N2O2. The number of morpholine rings is 1. The Bertz CT molecular complexity index is 434. The van der Waals surface area contributed by atoms with Crippen LogP contribution in [0.3, 0.4) is 0 Å². The summed E-state index contributed by atoms with van der Waals surface area (Å²) in [5.41, 5.74) is 2.91. The number of hydrogen-bond donors (Lipinski definition) is 1. The van der Waals surface area contributed by atoms with Crippen LogP contribution in [0.2, 0.25) is 0 Å². The summed E-state index contributed by atoms with van der Waals surface area (Å²) in [7, 11) is 0. The van der Waals surface area contributed by atoms with Crippen LogP contribution >= 0.6 is 0 Å². The van der Waals surface area contributed by atoms with Crippen molar-refractivity contribution in [2.24, 2.45) is 0 Å². The lowest BCUT2D eigenvalue weighted by Crippen LogP contribution is -2.40. The van der Waals surface area contributed by atoms with Crippen LogP contribution in [0.5, 0.6) is 0 Å². The lowest BCUT2D eigenvalue weighted by Gasteiger charge is -2.23. The number of nitrogens with one attached hydrogen (secondary N) is 1. The number of ether oxygens (including phenoxy) is 2. The molecule has 18 heavy (non-hydrogen) atoms. The van der Waals surface area contributed by atoms with Gasteiger partial charge in [0.15, 0.2) is 0 Å². The summed E-state index contributed by atoms with van der Waals surface area (Å²) in [5, 5.41) is 12.1. The Kier molecular flexibility index (Phi) is 4.71. The van der Waals surface area contributed by atoms with E-state index < -0.39 is 0 Å². The van der Waals surface area contributed by atoms with E-state index in [-0.39, 0.29) is 6.10 Å². The number of hydrogen-bond acceptors (Lipinski definition) is 4. The van der Waals surface area contributed by atoms with Crippen LogP contribution in [0.25, 0.3) is 0 Å². The molecule has 0 aromatic heterocycles. The van der Waals surface area contributed by atoms with Crippen molar-refractivity contribution in [1.82, 2.24) is 5.32 Å². The van der Waals surface area contributed by atoms with Gasteiger partial charge in [-0.1, -0.05) is 6.07 Å². The number of nitriles is 1. The van der Waals surface area contributed by atoms with Gasteiger partial charge in [0, 0.05) is 13.1 Å². The van der Waals surface area contributed by atoms with Crippen LogP contribution in [-0.4, -0.2) is 32.4 Å². The van der Waals surface area contributed by atoms with Crippen molar-refractivity contribution in [1.29, 1.82) is 5.26 Å². The topological polar surface area (TPSA) is 54.3 Å². The third-order valence-electron chi connectivity index (χ3n) is 3.04. The van der Waals surface area contributed by atoms with Crippen LogP contribution in [0.15, 0.2) is 18.2 Å². The Hall–Kier alpha value is -1.41. The molecule has 1 unspecified atom stereocenters. The fourth-order valence-electron chi connectivity index (χ4n) is 1.95. The maximum atomic E-state index is 8.79. The Balaban J connectivity index is 1.81. The molecule has 1 heterocycles. The summed E-state index contributed by atoms with van der Waals surface area (Å²) >= 11 is 0. The van der Waals surface area contributed by atoms with Crippen molar-refractivity contribution in [2.75, 3.05) is 26.3 Å². The first-order valence-corrected chi connectivity index (χ1v) is 6.19. The van der Waals surface area contributed by atoms with E-state index >= 15 is 0 Å². The summed E-state index contributed by atoms with van der Waals surface area (Å²) in [6.07, 6.45) is 0.150. The van der Waals surface area contributed by atoms with Crippen molar-refractivity contribution in [3.05, 3.63) is 34.9 Å². The molecule has 0 aliphatic carbocycles. The average Bonchev–Trinajstić information content (AvgIpc) is 2.42. The molecule has 0 spiro atoms. The van der Waals surface area contributed by atoms with Gasteiger partial charge in [0.05, 0.1) is 37.6 Å². The van der Waals surface area contributed by atoms with E-state index in [0.717, 1.165) is 30.8 Å². The number of benzene rings is 1. The van der Waals surface area contributed by atoms with E-state index in [1.807, 2.05) is 25.1 Å². The lowest BCUT2D eigenvalue weighted by atomic mass is 10.1. The van der Waals surface area contributed by atoms with Crippen LogP contribution in [0.4, 0.5) is 0 Å². The minimum atomic E-state index is 0.150. The van der Waals surface area contributed by atoms with E-state index in [0.29, 0.717) is 18.8 Å². The van der Waals surface area contributed by atoms with Gasteiger partial charge in [0.25, 0.3) is 0 Å². The van der Waals surface area contributed by atoms with Gasteiger partial charge < -0.3 is 14.8 Å². The second-order valence-electron chi connectivity index (χ2n) is 4.47. The van der Waals surface area contributed by atoms with Gasteiger partial charge in [0.1, 0.15) is 0 Å². The van der Waals surface area contributed by atoms with Gasteiger partial charge in [-0.15, -0.1) is 0 Å². The molecule has 4 heteroatoms. The predicted molar refractivity (Wildman–Crippen MR) is 68.2 cm³/mol. The van der Waals surface area contributed by atoms with Gasteiger partial charge in [0.2, 0.25) is 0 Å². The smallest absolute Gasteiger partial charge is 0.0991 e. The van der Waals surface area contributed by atoms with Crippen molar-refractivity contribution < 1.29 is 9.47 Å². The summed E-state index contributed by atoms with van der Waals surface area (Å²) < 4.78 is 11.2. The van der Waals surface area contributed by atoms with Gasteiger partial charge in [-0.2, -0.15) is 5.26 Å². The van der Waals surface area contributed by atoms with E-state index in [9.17, 15) is 0 Å². The standard InChI is InChI=1S/C14H18N2O2/c1-11-6-12(7-15)2-3-13(11)9-17-10-14-8-16-4-5-18-14/h2-3,6,14,16H,4-5,8-10H2,1H3. The first kappa shape index (κ1) is 13.0. The van der Waals surface area contributed by atoms with Crippen molar-refractivity contribution in [3.8, 4) is 6.07 Å². The molecule has 1 aliphatic heterocycles. The molecule has 1 N–H and O–H groups in total. The average molecular weight is 246 g/mol. The molecule has 1 atom stereocenters. The van der Waals surface area contributed by atoms with E-state index in [1.165, 1.54) is 0 Å². The Labute approximate surface area is 108 Å². The van der Waals surface area contributed by atoms with Gasteiger partial charge in [-0.25, -0.2) is 0 Å². The van der Waals surface area contributed by atoms with Crippen molar-refractivity contribution >= 4 is 0 Å². The molecule has 1 saturated heterocycles. The number of aryl methyl sites for hydroxylation is 1. The lowest BCUT2D eigenvalue weighted by molar-refractivity contribution is -0.0358. The second kappa shape index (κ2) is 6.50. The van der Waals surface area contributed by atoms with Gasteiger partial charge >= 0.3 is 0 Å². The Morgan fingerprint density at radius 2 is 2.44 bits per heavy atom. The van der Waals surface area contributed by atoms with Crippen molar-refractivity contribution in [2.45, 2.75) is 19.6 Å². The molecule has 0 bridgehead atoms. The molecule has 96 valence electrons. The monoisotopic (exact) mass is 246 g/mol. The second-order valence-corrected chi connectivity index (χ2v) is 4.47. The highest BCUT2D eigenvalue weighted by atomic mass is 16.5. The molecule has 1 fully saturated rings. The summed E-state index contributed by atoms with van der Waals surface area (Å²) in [4.78, 5) is 0. The zero-order valence-corrected chi connectivity index (χ0v) is 10.6. The summed E-state index contributed by atoms with van der Waals surface area (Å²) in [6, 6.07) is 7.80. The Morgan fingerprint density at radius 3 is 3.11 bits per heavy atom. The molecule has 1 aromatic carbocycles. The third kappa shape index (κ3) is 3.54. The van der Waals surface area contributed by atoms with Crippen molar-refractivity contribution in [3.63, 3.8) is 0 Å². The molecule has 4 nitrogen and oxygen atoms in total.